The Balaban J connectivity index is 2.01. The van der Waals surface area contributed by atoms with Gasteiger partial charge in [-0.2, -0.15) is 8.42 Å². The molecule has 0 bridgehead atoms. The number of hydrogen-bond donors (Lipinski definition) is 2. The van der Waals surface area contributed by atoms with Crippen molar-refractivity contribution in [3.05, 3.63) is 53.1 Å². The zero-order valence-corrected chi connectivity index (χ0v) is 13.6. The van der Waals surface area contributed by atoms with Crippen LogP contribution in [0.15, 0.2) is 57.0 Å². The van der Waals surface area contributed by atoms with Crippen LogP contribution in [0.5, 0.6) is 5.75 Å². The van der Waals surface area contributed by atoms with Crippen LogP contribution in [0.2, 0.25) is 5.02 Å². The Morgan fingerprint density at radius 2 is 1.83 bits per heavy atom. The Labute approximate surface area is 137 Å². The smallest absolute Gasteiger partial charge is 0.299 e. The average Bonchev–Trinajstić information content (AvgIpc) is 2.83. The van der Waals surface area contributed by atoms with Crippen molar-refractivity contribution in [2.45, 2.75) is 11.8 Å². The predicted molar refractivity (Wildman–Crippen MR) is 87.9 cm³/mol. The second-order valence-electron chi connectivity index (χ2n) is 4.95. The van der Waals surface area contributed by atoms with E-state index in [2.05, 4.69) is 14.6 Å². The van der Waals surface area contributed by atoms with Crippen LogP contribution in [0, 0.1) is 6.92 Å². The molecule has 6 nitrogen and oxygen atoms in total. The molecule has 0 aliphatic heterocycles. The molecule has 0 unspecified atom stereocenters. The van der Waals surface area contributed by atoms with Crippen LogP contribution in [-0.2, 0) is 10.0 Å². The molecule has 0 radical (unpaired) electrons. The molecule has 23 heavy (non-hydrogen) atoms. The number of H-pyrrole nitrogens is 1. The number of benzene rings is 2. The summed E-state index contributed by atoms with van der Waals surface area (Å²) >= 11 is 6.01. The number of aromatic nitrogens is 1. The zero-order valence-electron chi connectivity index (χ0n) is 12.0. The maximum Gasteiger partial charge on any atom is 0.299 e. The van der Waals surface area contributed by atoms with Crippen LogP contribution in [0.4, 0.5) is 5.82 Å². The van der Waals surface area contributed by atoms with Gasteiger partial charge in [0.1, 0.15) is 0 Å². The number of hydrogen-bond acceptors (Lipinski definition) is 4. The summed E-state index contributed by atoms with van der Waals surface area (Å²) in [5, 5.41) is 14.4. The quantitative estimate of drug-likeness (QED) is 0.690. The largest absolute Gasteiger partial charge is 0.504 e. The van der Waals surface area contributed by atoms with E-state index in [1.807, 2.05) is 6.92 Å². The number of sulfonamides is 1. The van der Waals surface area contributed by atoms with E-state index in [-0.39, 0.29) is 16.5 Å². The van der Waals surface area contributed by atoms with Gasteiger partial charge in [0, 0.05) is 0 Å². The molecule has 0 saturated heterocycles. The monoisotopic (exact) mass is 349 g/mol. The number of aromatic amines is 1. The lowest BCUT2D eigenvalue weighted by molar-refractivity contribution is 0.482. The lowest BCUT2D eigenvalue weighted by Crippen LogP contribution is -1.95. The first-order chi connectivity index (χ1) is 10.9. The number of aryl methyl sites for hydroxylation is 1. The molecule has 0 aliphatic rings. The Hall–Kier alpha value is -2.38. The second kappa shape index (κ2) is 5.68. The fraction of sp³-hybridized carbons (Fsp3) is 0.0667. The van der Waals surface area contributed by atoms with Crippen molar-refractivity contribution in [2.24, 2.45) is 9.63 Å². The molecule has 0 spiro atoms. The van der Waals surface area contributed by atoms with Gasteiger partial charge in [0.15, 0.2) is 11.6 Å². The van der Waals surface area contributed by atoms with Crippen molar-refractivity contribution >= 4 is 38.3 Å². The van der Waals surface area contributed by atoms with E-state index in [1.165, 1.54) is 12.1 Å². The van der Waals surface area contributed by atoms with Gasteiger partial charge in [0.2, 0.25) is 0 Å². The van der Waals surface area contributed by atoms with Gasteiger partial charge in [-0.3, -0.25) is 0 Å². The molecule has 3 aromatic rings. The van der Waals surface area contributed by atoms with Gasteiger partial charge in [-0.25, -0.2) is 0 Å². The Morgan fingerprint density at radius 1 is 1.13 bits per heavy atom. The van der Waals surface area contributed by atoms with Gasteiger partial charge >= 0.3 is 0 Å². The third kappa shape index (κ3) is 2.93. The molecule has 2 N–H and O–H groups in total. The number of nitrogens with zero attached hydrogens (tertiary/aromatic N) is 2. The maximum atomic E-state index is 12.1. The van der Waals surface area contributed by atoms with Gasteiger partial charge < -0.3 is 10.1 Å². The molecule has 0 amide bonds. The average molecular weight is 350 g/mol. The lowest BCUT2D eigenvalue weighted by Gasteiger charge is -1.98. The van der Waals surface area contributed by atoms with Crippen molar-refractivity contribution in [3.8, 4) is 5.75 Å². The lowest BCUT2D eigenvalue weighted by atomic mass is 10.2. The highest BCUT2D eigenvalue weighted by Gasteiger charge is 2.16. The van der Waals surface area contributed by atoms with E-state index >= 15 is 0 Å². The molecule has 8 heteroatoms. The van der Waals surface area contributed by atoms with Gasteiger partial charge in [0.25, 0.3) is 10.0 Å². The molecule has 0 saturated carbocycles. The summed E-state index contributed by atoms with van der Waals surface area (Å²) in [5.74, 6) is -0.308. The molecule has 1 heterocycles. The molecule has 3 rings (SSSR count). The maximum absolute atomic E-state index is 12.1. The van der Waals surface area contributed by atoms with Crippen LogP contribution in [0.3, 0.4) is 0 Å². The standard InChI is InChI=1S/C15H12ClN3O3S/c1-9-5-7-10(8-6-9)23(21,22)19-18-15-14(20)13-11(16)3-2-4-12(13)17-15/h2-8,17,20H,1H3/b19-18+. The minimum absolute atomic E-state index is 0.0282. The highest BCUT2D eigenvalue weighted by atomic mass is 35.5. The molecule has 1 aromatic heterocycles. The molecule has 2 aromatic carbocycles. The van der Waals surface area contributed by atoms with Crippen LogP contribution in [0.25, 0.3) is 10.9 Å². The van der Waals surface area contributed by atoms with Gasteiger partial charge in [-0.05, 0) is 31.2 Å². The van der Waals surface area contributed by atoms with E-state index in [9.17, 15) is 13.5 Å². The number of fused-ring (bicyclic) bond motifs is 1. The van der Waals surface area contributed by atoms with Crippen molar-refractivity contribution in [1.82, 2.24) is 4.98 Å². The number of aromatic hydroxyl groups is 1. The van der Waals surface area contributed by atoms with Gasteiger partial charge in [-0.15, -0.1) is 5.11 Å². The van der Waals surface area contributed by atoms with Crippen molar-refractivity contribution in [3.63, 3.8) is 0 Å². The number of nitrogens with one attached hydrogen (secondary N) is 1. The topological polar surface area (TPSA) is 94.9 Å². The summed E-state index contributed by atoms with van der Waals surface area (Å²) < 4.78 is 27.6. The Bertz CT molecular complexity index is 1010. The van der Waals surface area contributed by atoms with Crippen LogP contribution in [-0.4, -0.2) is 18.5 Å². The van der Waals surface area contributed by atoms with Crippen molar-refractivity contribution in [2.75, 3.05) is 0 Å². The van der Waals surface area contributed by atoms with Crippen molar-refractivity contribution < 1.29 is 13.5 Å². The summed E-state index contributed by atoms with van der Waals surface area (Å²) in [5.41, 5.74) is 1.47. The molecular formula is C15H12ClN3O3S. The molecule has 0 fully saturated rings. The normalized spacial score (nSPS) is 12.3. The second-order valence-corrected chi connectivity index (χ2v) is 6.95. The highest BCUT2D eigenvalue weighted by molar-refractivity contribution is 7.90. The molecular weight excluding hydrogens is 338 g/mol. The number of halogens is 1. The molecule has 0 aliphatic carbocycles. The van der Waals surface area contributed by atoms with E-state index in [4.69, 9.17) is 11.6 Å². The van der Waals surface area contributed by atoms with E-state index in [0.29, 0.717) is 15.9 Å². The first-order valence-corrected chi connectivity index (χ1v) is 8.44. The SMILES string of the molecule is Cc1ccc(S(=O)(=O)/N=N/c2[nH]c3cccc(Cl)c3c2O)cc1. The van der Waals surface area contributed by atoms with Crippen LogP contribution >= 0.6 is 11.6 Å². The number of rotatable bonds is 3. The molecule has 118 valence electrons. The third-order valence-electron chi connectivity index (χ3n) is 3.29. The van der Waals surface area contributed by atoms with Gasteiger partial charge in [-0.1, -0.05) is 39.9 Å². The van der Waals surface area contributed by atoms with E-state index < -0.39 is 10.0 Å². The fourth-order valence-electron chi connectivity index (χ4n) is 2.10. The minimum atomic E-state index is -3.95. The fourth-order valence-corrected chi connectivity index (χ4v) is 3.13. The highest BCUT2D eigenvalue weighted by Crippen LogP contribution is 2.39. The zero-order chi connectivity index (χ0) is 16.6. The molecule has 0 atom stereocenters. The van der Waals surface area contributed by atoms with Gasteiger partial charge in [0.05, 0.1) is 20.8 Å². The summed E-state index contributed by atoms with van der Waals surface area (Å²) in [7, 11) is -3.95. The third-order valence-corrected chi connectivity index (χ3v) is 4.77. The van der Waals surface area contributed by atoms with E-state index in [0.717, 1.165) is 5.56 Å². The van der Waals surface area contributed by atoms with E-state index in [1.54, 1.807) is 30.3 Å². The summed E-state index contributed by atoms with van der Waals surface area (Å²) in [4.78, 5) is 2.81. The van der Waals surface area contributed by atoms with Crippen LogP contribution in [0.1, 0.15) is 5.56 Å². The minimum Gasteiger partial charge on any atom is -0.504 e. The summed E-state index contributed by atoms with van der Waals surface area (Å²) in [6.07, 6.45) is 0. The van der Waals surface area contributed by atoms with Crippen molar-refractivity contribution in [1.29, 1.82) is 0 Å². The Kier molecular flexibility index (Phi) is 3.83. The summed E-state index contributed by atoms with van der Waals surface area (Å²) in [6.45, 7) is 1.85. The first kappa shape index (κ1) is 15.5. The Morgan fingerprint density at radius 3 is 2.48 bits per heavy atom. The van der Waals surface area contributed by atoms with Crippen LogP contribution < -0.4 is 0 Å². The predicted octanol–water partition coefficient (Wildman–Crippen LogP) is 4.31. The summed E-state index contributed by atoms with van der Waals surface area (Å²) in [6, 6.07) is 11.2. The first-order valence-electron chi connectivity index (χ1n) is 6.62.